The van der Waals surface area contributed by atoms with Gasteiger partial charge in [-0.05, 0) is 54.9 Å². The van der Waals surface area contributed by atoms with Gasteiger partial charge >= 0.3 is 0 Å². The van der Waals surface area contributed by atoms with E-state index in [0.29, 0.717) is 42.4 Å². The van der Waals surface area contributed by atoms with Gasteiger partial charge < -0.3 is 25.0 Å². The summed E-state index contributed by atoms with van der Waals surface area (Å²) in [6, 6.07) is 6.84. The van der Waals surface area contributed by atoms with Gasteiger partial charge in [0.15, 0.2) is 5.13 Å². The largest absolute Gasteiger partial charge is 0.497 e. The van der Waals surface area contributed by atoms with Gasteiger partial charge in [0, 0.05) is 41.8 Å². The minimum absolute atomic E-state index is 0.0522. The number of carbonyl (C=O) groups is 2. The van der Waals surface area contributed by atoms with Crippen molar-refractivity contribution in [3.63, 3.8) is 0 Å². The third kappa shape index (κ3) is 5.25. The maximum atomic E-state index is 13.0. The Morgan fingerprint density at radius 2 is 1.95 bits per heavy atom. The molecule has 2 aliphatic rings. The fraction of sp³-hybridized carbons (Fsp3) is 0.593. The molecule has 202 valence electrons. The van der Waals surface area contributed by atoms with Crippen molar-refractivity contribution in [1.82, 2.24) is 10.3 Å². The number of carbonyl (C=O) groups excluding carboxylic acids is 2. The fourth-order valence-electron chi connectivity index (χ4n) is 6.16. The summed E-state index contributed by atoms with van der Waals surface area (Å²) in [6.45, 7) is 4.80. The molecule has 4 rings (SSSR count). The predicted molar refractivity (Wildman–Crippen MR) is 141 cm³/mol. The van der Waals surface area contributed by atoms with Gasteiger partial charge in [0.25, 0.3) is 5.91 Å². The van der Waals surface area contributed by atoms with Gasteiger partial charge in [0.2, 0.25) is 5.91 Å². The lowest BCUT2D eigenvalue weighted by Crippen LogP contribution is -2.57. The van der Waals surface area contributed by atoms with E-state index in [4.69, 9.17) is 14.5 Å². The predicted octanol–water partition coefficient (Wildman–Crippen LogP) is 2.97. The Hall–Kier alpha value is -2.53. The molecule has 0 aliphatic heterocycles. The first-order chi connectivity index (χ1) is 17.7. The van der Waals surface area contributed by atoms with E-state index in [1.165, 1.54) is 11.3 Å². The van der Waals surface area contributed by atoms with E-state index in [0.717, 1.165) is 17.0 Å². The highest BCUT2D eigenvalue weighted by atomic mass is 32.1. The molecule has 0 radical (unpaired) electrons. The standard InChI is InChI=1S/C27H37N3O6S/c1-26-10-9-21(32)27(2,15-31)20(26)14-19-23(18(26)13-22(33)28-11-12-35-3)29-25(37-19)30-24(34)16-5-7-17(36-4)8-6-16/h5-8,18,20-21,31-32H,9-15H2,1-4H3,(H,28,33)(H,29,30,34). The summed E-state index contributed by atoms with van der Waals surface area (Å²) in [6.07, 6.45) is 1.49. The summed E-state index contributed by atoms with van der Waals surface area (Å²) in [5, 5.41) is 27.6. The van der Waals surface area contributed by atoms with Crippen LogP contribution in [0.15, 0.2) is 24.3 Å². The van der Waals surface area contributed by atoms with E-state index < -0.39 is 11.5 Å². The van der Waals surface area contributed by atoms with Crippen LogP contribution in [-0.4, -0.2) is 67.1 Å². The van der Waals surface area contributed by atoms with Crippen molar-refractivity contribution in [3.8, 4) is 5.75 Å². The average molecular weight is 532 g/mol. The zero-order chi connectivity index (χ0) is 26.8. The second kappa shape index (κ2) is 11.1. The van der Waals surface area contributed by atoms with E-state index >= 15 is 0 Å². The number of aromatic nitrogens is 1. The Morgan fingerprint density at radius 3 is 2.59 bits per heavy atom. The van der Waals surface area contributed by atoms with Crippen LogP contribution in [0, 0.1) is 16.7 Å². The highest BCUT2D eigenvalue weighted by Crippen LogP contribution is 2.62. The first kappa shape index (κ1) is 27.5. The minimum atomic E-state index is -0.702. The molecular formula is C27H37N3O6S. The van der Waals surface area contributed by atoms with Crippen molar-refractivity contribution >= 4 is 28.3 Å². The van der Waals surface area contributed by atoms with Gasteiger partial charge in [-0.25, -0.2) is 4.98 Å². The number of thiazole rings is 1. The van der Waals surface area contributed by atoms with Gasteiger partial charge in [-0.15, -0.1) is 11.3 Å². The Kier molecular flexibility index (Phi) is 8.23. The number of ether oxygens (including phenoxy) is 2. The number of fused-ring (bicyclic) bond motifs is 2. The van der Waals surface area contributed by atoms with Crippen molar-refractivity contribution in [2.75, 3.05) is 39.3 Å². The second-order valence-corrected chi connectivity index (χ2v) is 11.7. The van der Waals surface area contributed by atoms with Crippen LogP contribution in [-0.2, 0) is 16.0 Å². The molecule has 0 spiro atoms. The molecule has 1 heterocycles. The Balaban J connectivity index is 1.65. The quantitative estimate of drug-likeness (QED) is 0.366. The molecule has 2 amide bonds. The lowest BCUT2D eigenvalue weighted by atomic mass is 9.47. The Morgan fingerprint density at radius 1 is 1.22 bits per heavy atom. The number of anilines is 1. The third-order valence-electron chi connectivity index (χ3n) is 8.48. The Bertz CT molecular complexity index is 1120. The van der Waals surface area contributed by atoms with Crippen LogP contribution < -0.4 is 15.4 Å². The first-order valence-electron chi connectivity index (χ1n) is 12.7. The van der Waals surface area contributed by atoms with E-state index in [2.05, 4.69) is 17.6 Å². The molecule has 1 aromatic carbocycles. The number of nitrogens with zero attached hydrogens (tertiary/aromatic N) is 1. The number of rotatable bonds is 9. The molecule has 0 saturated heterocycles. The van der Waals surface area contributed by atoms with Crippen LogP contribution in [0.5, 0.6) is 5.75 Å². The number of hydrogen-bond acceptors (Lipinski definition) is 8. The van der Waals surface area contributed by atoms with E-state index in [1.807, 2.05) is 6.92 Å². The van der Waals surface area contributed by atoms with Crippen LogP contribution in [0.1, 0.15) is 60.0 Å². The van der Waals surface area contributed by atoms with Gasteiger partial charge in [-0.1, -0.05) is 13.8 Å². The van der Waals surface area contributed by atoms with Crippen LogP contribution in [0.25, 0.3) is 0 Å². The average Bonchev–Trinajstić information content (AvgIpc) is 3.29. The SMILES string of the molecule is COCCNC(=O)CC1c2nc(NC(=O)c3ccc(OC)cc3)sc2CC2C(C)(CO)C(O)CCC12C. The van der Waals surface area contributed by atoms with Crippen molar-refractivity contribution in [1.29, 1.82) is 0 Å². The number of aliphatic hydroxyl groups is 2. The number of benzene rings is 1. The molecule has 9 nitrogen and oxygen atoms in total. The summed E-state index contributed by atoms with van der Waals surface area (Å²) < 4.78 is 10.2. The number of aliphatic hydroxyl groups excluding tert-OH is 2. The van der Waals surface area contributed by atoms with E-state index in [9.17, 15) is 19.8 Å². The molecule has 1 aromatic heterocycles. The van der Waals surface area contributed by atoms with E-state index in [1.54, 1.807) is 38.5 Å². The summed E-state index contributed by atoms with van der Waals surface area (Å²) in [5.74, 6) is 0.0249. The molecule has 1 fully saturated rings. The second-order valence-electron chi connectivity index (χ2n) is 10.6. The molecule has 4 N–H and O–H groups in total. The van der Waals surface area contributed by atoms with Crippen LogP contribution in [0.3, 0.4) is 0 Å². The van der Waals surface area contributed by atoms with Gasteiger partial charge in [0.1, 0.15) is 5.75 Å². The third-order valence-corrected chi connectivity index (χ3v) is 9.49. The maximum Gasteiger partial charge on any atom is 0.257 e. The molecule has 1 saturated carbocycles. The zero-order valence-corrected chi connectivity index (χ0v) is 22.7. The van der Waals surface area contributed by atoms with Crippen molar-refractivity contribution in [2.45, 2.75) is 51.6 Å². The summed E-state index contributed by atoms with van der Waals surface area (Å²) >= 11 is 1.40. The normalized spacial score (nSPS) is 28.6. The van der Waals surface area contributed by atoms with Crippen molar-refractivity contribution in [3.05, 3.63) is 40.4 Å². The van der Waals surface area contributed by atoms with Gasteiger partial charge in [0.05, 0.1) is 32.1 Å². The molecular weight excluding hydrogens is 494 g/mol. The highest BCUT2D eigenvalue weighted by molar-refractivity contribution is 7.15. The number of methoxy groups -OCH3 is 2. The van der Waals surface area contributed by atoms with Gasteiger partial charge in [-0.2, -0.15) is 0 Å². The molecule has 2 aliphatic carbocycles. The van der Waals surface area contributed by atoms with Crippen LogP contribution in [0.2, 0.25) is 0 Å². The number of amides is 2. The molecule has 37 heavy (non-hydrogen) atoms. The summed E-state index contributed by atoms with van der Waals surface area (Å²) in [4.78, 5) is 31.7. The van der Waals surface area contributed by atoms with Crippen molar-refractivity contribution in [2.24, 2.45) is 16.7 Å². The fourth-order valence-corrected chi connectivity index (χ4v) is 7.22. The van der Waals surface area contributed by atoms with Crippen LogP contribution in [0.4, 0.5) is 5.13 Å². The summed E-state index contributed by atoms with van der Waals surface area (Å²) in [5.41, 5.74) is 0.256. The number of hydrogen-bond donors (Lipinski definition) is 4. The smallest absolute Gasteiger partial charge is 0.257 e. The molecule has 5 unspecified atom stereocenters. The number of nitrogens with one attached hydrogen (secondary N) is 2. The van der Waals surface area contributed by atoms with Gasteiger partial charge in [-0.3, -0.25) is 14.9 Å². The Labute approximate surface area is 221 Å². The summed E-state index contributed by atoms with van der Waals surface area (Å²) in [7, 11) is 3.16. The van der Waals surface area contributed by atoms with Crippen LogP contribution >= 0.6 is 11.3 Å². The maximum absolute atomic E-state index is 13.0. The lowest BCUT2D eigenvalue weighted by Gasteiger charge is -2.58. The first-order valence-corrected chi connectivity index (χ1v) is 13.5. The monoisotopic (exact) mass is 531 g/mol. The van der Waals surface area contributed by atoms with E-state index in [-0.39, 0.29) is 42.1 Å². The highest BCUT2D eigenvalue weighted by Gasteiger charge is 2.59. The van der Waals surface area contributed by atoms with Crippen molar-refractivity contribution < 1.29 is 29.3 Å². The topological polar surface area (TPSA) is 130 Å². The zero-order valence-electron chi connectivity index (χ0n) is 21.9. The molecule has 2 aromatic rings. The molecule has 5 atom stereocenters. The molecule has 0 bridgehead atoms. The lowest BCUT2D eigenvalue weighted by molar-refractivity contribution is -0.144. The molecule has 10 heteroatoms. The minimum Gasteiger partial charge on any atom is -0.497 e.